The highest BCUT2D eigenvalue weighted by atomic mass is 79.9. The summed E-state index contributed by atoms with van der Waals surface area (Å²) in [5, 5.41) is 7.89. The van der Waals surface area contributed by atoms with Crippen molar-refractivity contribution in [2.75, 3.05) is 5.33 Å². The van der Waals surface area contributed by atoms with E-state index in [0.29, 0.717) is 10.6 Å². The summed E-state index contributed by atoms with van der Waals surface area (Å²) in [6.45, 7) is 4.10. The maximum Gasteiger partial charge on any atom is 0.265 e. The van der Waals surface area contributed by atoms with Crippen molar-refractivity contribution in [1.82, 2.24) is 14.9 Å². The van der Waals surface area contributed by atoms with E-state index in [1.165, 1.54) is 24.4 Å². The molecule has 100 valence electrons. The Labute approximate surface area is 120 Å². The van der Waals surface area contributed by atoms with Crippen LogP contribution in [-0.2, 0) is 0 Å². The molecule has 2 rings (SSSR count). The van der Waals surface area contributed by atoms with Gasteiger partial charge < -0.3 is 5.32 Å². The first-order valence-electron chi connectivity index (χ1n) is 6.24. The molecule has 1 amide bonds. The lowest BCUT2D eigenvalue weighted by Crippen LogP contribution is -2.52. The fourth-order valence-corrected chi connectivity index (χ4v) is 3.60. The number of rotatable bonds is 3. The molecule has 1 aliphatic rings. The highest BCUT2D eigenvalue weighted by Gasteiger charge is 2.35. The van der Waals surface area contributed by atoms with Gasteiger partial charge in [0.15, 0.2) is 0 Å². The van der Waals surface area contributed by atoms with Crippen molar-refractivity contribution in [3.8, 4) is 0 Å². The summed E-state index contributed by atoms with van der Waals surface area (Å²) in [4.78, 5) is 12.9. The molecule has 0 radical (unpaired) electrons. The zero-order valence-corrected chi connectivity index (χ0v) is 13.1. The summed E-state index contributed by atoms with van der Waals surface area (Å²) in [5.74, 6) is 0.734. The third-order valence-electron chi connectivity index (χ3n) is 3.72. The van der Waals surface area contributed by atoms with Crippen molar-refractivity contribution in [2.24, 2.45) is 5.92 Å². The van der Waals surface area contributed by atoms with E-state index in [9.17, 15) is 4.79 Å². The second-order valence-electron chi connectivity index (χ2n) is 5.24. The second-order valence-corrected chi connectivity index (χ2v) is 6.55. The van der Waals surface area contributed by atoms with Crippen LogP contribution in [0, 0.1) is 12.8 Å². The van der Waals surface area contributed by atoms with Gasteiger partial charge in [0.1, 0.15) is 4.88 Å². The largest absolute Gasteiger partial charge is 0.345 e. The van der Waals surface area contributed by atoms with Crippen LogP contribution >= 0.6 is 27.5 Å². The van der Waals surface area contributed by atoms with Crippen molar-refractivity contribution >= 4 is 33.4 Å². The van der Waals surface area contributed by atoms with Crippen LogP contribution in [0.15, 0.2) is 0 Å². The number of amides is 1. The first kappa shape index (κ1) is 13.9. The van der Waals surface area contributed by atoms with E-state index in [4.69, 9.17) is 0 Å². The average molecular weight is 332 g/mol. The molecule has 1 aromatic rings. The number of nitrogens with one attached hydrogen (secondary N) is 1. The van der Waals surface area contributed by atoms with Crippen molar-refractivity contribution in [3.05, 3.63) is 10.6 Å². The van der Waals surface area contributed by atoms with E-state index in [0.717, 1.165) is 24.1 Å². The third-order valence-corrected chi connectivity index (χ3v) is 5.62. The Kier molecular flexibility index (Phi) is 4.37. The molecule has 1 heterocycles. The van der Waals surface area contributed by atoms with Gasteiger partial charge >= 0.3 is 0 Å². The number of carbonyl (C=O) groups excluding carboxylic acids is 1. The normalized spacial score (nSPS) is 28.1. The van der Waals surface area contributed by atoms with Gasteiger partial charge in [-0.2, -0.15) is 0 Å². The number of carbonyl (C=O) groups is 1. The number of aryl methyl sites for hydroxylation is 1. The summed E-state index contributed by atoms with van der Waals surface area (Å²) in [6, 6.07) is 0. The molecule has 1 aromatic heterocycles. The van der Waals surface area contributed by atoms with Crippen LogP contribution in [-0.4, -0.2) is 26.4 Å². The molecule has 1 saturated carbocycles. The molecule has 0 spiro atoms. The third kappa shape index (κ3) is 2.91. The number of hydrogen-bond acceptors (Lipinski definition) is 4. The lowest BCUT2D eigenvalue weighted by molar-refractivity contribution is 0.0878. The Bertz CT molecular complexity index is 427. The molecule has 1 aliphatic carbocycles. The first-order valence-corrected chi connectivity index (χ1v) is 8.13. The summed E-state index contributed by atoms with van der Waals surface area (Å²) >= 11 is 4.72. The van der Waals surface area contributed by atoms with Gasteiger partial charge in [-0.1, -0.05) is 27.3 Å². The number of alkyl halides is 1. The van der Waals surface area contributed by atoms with Gasteiger partial charge in [-0.3, -0.25) is 4.79 Å². The summed E-state index contributed by atoms with van der Waals surface area (Å²) in [6.07, 6.45) is 4.42. The molecule has 1 N–H and O–H groups in total. The Morgan fingerprint density at radius 2 is 2.22 bits per heavy atom. The van der Waals surface area contributed by atoms with Gasteiger partial charge in [0.05, 0.1) is 11.2 Å². The van der Waals surface area contributed by atoms with E-state index in [1.807, 2.05) is 6.92 Å². The fraction of sp³-hybridized carbons (Fsp3) is 0.750. The fourth-order valence-electron chi connectivity index (χ4n) is 2.34. The summed E-state index contributed by atoms with van der Waals surface area (Å²) in [7, 11) is 0. The van der Waals surface area contributed by atoms with Crippen LogP contribution in [0.4, 0.5) is 0 Å². The number of nitrogens with zero attached hydrogens (tertiary/aromatic N) is 2. The maximum absolute atomic E-state index is 12.2. The molecular formula is C12H18BrN3OS. The van der Waals surface area contributed by atoms with E-state index in [-0.39, 0.29) is 11.4 Å². The van der Waals surface area contributed by atoms with Gasteiger partial charge in [0.2, 0.25) is 0 Å². The number of hydrogen-bond donors (Lipinski definition) is 1. The predicted molar refractivity (Wildman–Crippen MR) is 76.3 cm³/mol. The first-order chi connectivity index (χ1) is 8.56. The molecule has 4 nitrogen and oxygen atoms in total. The van der Waals surface area contributed by atoms with Gasteiger partial charge in [-0.05, 0) is 50.1 Å². The van der Waals surface area contributed by atoms with Gasteiger partial charge in [0.25, 0.3) is 5.91 Å². The second kappa shape index (κ2) is 5.65. The van der Waals surface area contributed by atoms with Gasteiger partial charge in [0, 0.05) is 5.33 Å². The maximum atomic E-state index is 12.2. The number of halogens is 1. The quantitative estimate of drug-likeness (QED) is 0.866. The monoisotopic (exact) mass is 331 g/mol. The Hall–Kier alpha value is -0.490. The molecule has 18 heavy (non-hydrogen) atoms. The molecule has 0 aliphatic heterocycles. The Morgan fingerprint density at radius 3 is 2.72 bits per heavy atom. The molecular weight excluding hydrogens is 314 g/mol. The molecule has 6 heteroatoms. The highest BCUT2D eigenvalue weighted by molar-refractivity contribution is 9.09. The van der Waals surface area contributed by atoms with Crippen molar-refractivity contribution in [2.45, 2.75) is 45.1 Å². The van der Waals surface area contributed by atoms with Crippen LogP contribution < -0.4 is 5.32 Å². The van der Waals surface area contributed by atoms with Crippen molar-refractivity contribution in [3.63, 3.8) is 0 Å². The zero-order valence-electron chi connectivity index (χ0n) is 10.7. The van der Waals surface area contributed by atoms with Crippen molar-refractivity contribution in [1.29, 1.82) is 0 Å². The van der Waals surface area contributed by atoms with Gasteiger partial charge in [-0.25, -0.2) is 0 Å². The van der Waals surface area contributed by atoms with Gasteiger partial charge in [-0.15, -0.1) is 5.10 Å². The molecule has 0 atom stereocenters. The van der Waals surface area contributed by atoms with E-state index in [2.05, 4.69) is 37.8 Å². The van der Waals surface area contributed by atoms with Crippen LogP contribution in [0.25, 0.3) is 0 Å². The van der Waals surface area contributed by atoms with E-state index < -0.39 is 0 Å². The minimum absolute atomic E-state index is 0.0310. The Morgan fingerprint density at radius 1 is 1.56 bits per heavy atom. The minimum atomic E-state index is -0.0972. The van der Waals surface area contributed by atoms with Crippen LogP contribution in [0.1, 0.15) is 48.0 Å². The SMILES string of the molecule is Cc1nnsc1C(=O)NC1(CBr)CCC(C)CC1. The van der Waals surface area contributed by atoms with Crippen LogP contribution in [0.5, 0.6) is 0 Å². The lowest BCUT2D eigenvalue weighted by Gasteiger charge is -2.38. The highest BCUT2D eigenvalue weighted by Crippen LogP contribution is 2.33. The molecule has 0 saturated heterocycles. The van der Waals surface area contributed by atoms with E-state index in [1.54, 1.807) is 0 Å². The smallest absolute Gasteiger partial charge is 0.265 e. The summed E-state index contributed by atoms with van der Waals surface area (Å²) in [5.41, 5.74) is 0.617. The topological polar surface area (TPSA) is 54.9 Å². The van der Waals surface area contributed by atoms with E-state index >= 15 is 0 Å². The standard InChI is InChI=1S/C12H18BrN3OS/c1-8-3-5-12(7-13,6-4-8)14-11(17)10-9(2)15-16-18-10/h8H,3-7H2,1-2H3,(H,14,17). The summed E-state index contributed by atoms with van der Waals surface area (Å²) < 4.78 is 3.82. The molecule has 0 aromatic carbocycles. The van der Waals surface area contributed by atoms with Crippen LogP contribution in [0.3, 0.4) is 0 Å². The van der Waals surface area contributed by atoms with Crippen LogP contribution in [0.2, 0.25) is 0 Å². The predicted octanol–water partition coefficient (Wildman–Crippen LogP) is 2.92. The Balaban J connectivity index is 2.07. The zero-order chi connectivity index (χ0) is 13.2. The molecule has 0 unspecified atom stereocenters. The lowest BCUT2D eigenvalue weighted by atomic mass is 9.78. The average Bonchev–Trinajstić information content (AvgIpc) is 2.79. The molecule has 0 bridgehead atoms. The van der Waals surface area contributed by atoms with Crippen molar-refractivity contribution < 1.29 is 4.79 Å². The number of aromatic nitrogens is 2. The molecule has 1 fully saturated rings. The minimum Gasteiger partial charge on any atom is -0.345 e.